The largest absolute Gasteiger partial charge is 0.454 e. The molecule has 1 atom stereocenters. The Bertz CT molecular complexity index is 826. The average molecular weight is 386 g/mol. The summed E-state index contributed by atoms with van der Waals surface area (Å²) in [5, 5.41) is 6.64. The predicted molar refractivity (Wildman–Crippen MR) is 108 cm³/mol. The first-order chi connectivity index (χ1) is 13.6. The van der Waals surface area contributed by atoms with Crippen molar-refractivity contribution in [3.8, 4) is 11.5 Å². The summed E-state index contributed by atoms with van der Waals surface area (Å²) < 4.78 is 24.3. The van der Waals surface area contributed by atoms with Crippen LogP contribution in [0.1, 0.15) is 17.2 Å². The zero-order chi connectivity index (χ0) is 19.9. The second-order valence-corrected chi connectivity index (χ2v) is 6.85. The van der Waals surface area contributed by atoms with Crippen molar-refractivity contribution in [2.75, 3.05) is 41.0 Å². The summed E-state index contributed by atoms with van der Waals surface area (Å²) in [6, 6.07) is 12.7. The minimum absolute atomic E-state index is 0.0307. The lowest BCUT2D eigenvalue weighted by Gasteiger charge is -2.26. The van der Waals surface area contributed by atoms with Gasteiger partial charge in [0.2, 0.25) is 6.79 Å². The van der Waals surface area contributed by atoms with Gasteiger partial charge < -0.3 is 25.0 Å². The van der Waals surface area contributed by atoms with E-state index in [9.17, 15) is 4.39 Å². The van der Waals surface area contributed by atoms with Gasteiger partial charge in [-0.1, -0.05) is 18.2 Å². The molecule has 28 heavy (non-hydrogen) atoms. The van der Waals surface area contributed by atoms with Gasteiger partial charge in [0.05, 0.1) is 6.04 Å². The lowest BCUT2D eigenvalue weighted by atomic mass is 10.1. The third-order valence-electron chi connectivity index (χ3n) is 4.69. The molecule has 1 unspecified atom stereocenters. The number of rotatable bonds is 7. The summed E-state index contributed by atoms with van der Waals surface area (Å²) in [4.78, 5) is 6.33. The third-order valence-corrected chi connectivity index (χ3v) is 4.69. The molecule has 0 radical (unpaired) electrons. The van der Waals surface area contributed by atoms with Crippen molar-refractivity contribution in [2.45, 2.75) is 12.5 Å². The number of aliphatic imine (C=N–C) groups is 1. The Balaban J connectivity index is 1.51. The molecule has 0 aliphatic carbocycles. The maximum atomic E-state index is 13.6. The van der Waals surface area contributed by atoms with Gasteiger partial charge in [0.25, 0.3) is 0 Å². The fourth-order valence-corrected chi connectivity index (χ4v) is 3.15. The predicted octanol–water partition coefficient (Wildman–Crippen LogP) is 2.56. The number of ether oxygens (including phenoxy) is 2. The van der Waals surface area contributed by atoms with Crippen LogP contribution in [0.25, 0.3) is 0 Å². The van der Waals surface area contributed by atoms with Gasteiger partial charge in [0.1, 0.15) is 5.82 Å². The first-order valence-corrected chi connectivity index (χ1v) is 9.32. The Morgan fingerprint density at radius 1 is 1.14 bits per heavy atom. The molecule has 0 saturated carbocycles. The number of nitrogens with one attached hydrogen (secondary N) is 2. The van der Waals surface area contributed by atoms with Crippen molar-refractivity contribution < 1.29 is 13.9 Å². The molecule has 6 nitrogen and oxygen atoms in total. The van der Waals surface area contributed by atoms with Crippen molar-refractivity contribution >= 4 is 5.96 Å². The van der Waals surface area contributed by atoms with Gasteiger partial charge in [0, 0.05) is 20.1 Å². The van der Waals surface area contributed by atoms with E-state index in [0.29, 0.717) is 12.5 Å². The number of fused-ring (bicyclic) bond motifs is 1. The molecule has 150 valence electrons. The molecule has 2 aromatic carbocycles. The number of hydrogen-bond donors (Lipinski definition) is 2. The maximum Gasteiger partial charge on any atom is 0.231 e. The molecule has 0 fully saturated rings. The van der Waals surface area contributed by atoms with Gasteiger partial charge in [-0.15, -0.1) is 0 Å². The second kappa shape index (κ2) is 9.41. The number of benzene rings is 2. The van der Waals surface area contributed by atoms with E-state index in [1.54, 1.807) is 19.2 Å². The number of halogens is 1. The van der Waals surface area contributed by atoms with Crippen molar-refractivity contribution in [3.63, 3.8) is 0 Å². The summed E-state index contributed by atoms with van der Waals surface area (Å²) in [7, 11) is 5.70. The van der Waals surface area contributed by atoms with E-state index in [1.807, 2.05) is 38.4 Å². The van der Waals surface area contributed by atoms with Crippen molar-refractivity contribution in [1.82, 2.24) is 15.5 Å². The lowest BCUT2D eigenvalue weighted by Crippen LogP contribution is -2.42. The molecule has 0 saturated heterocycles. The van der Waals surface area contributed by atoms with E-state index in [1.165, 1.54) is 6.07 Å². The first-order valence-electron chi connectivity index (χ1n) is 9.32. The normalized spacial score (nSPS) is 14.2. The van der Waals surface area contributed by atoms with Gasteiger partial charge in [-0.3, -0.25) is 4.99 Å². The van der Waals surface area contributed by atoms with Crippen LogP contribution in [0.2, 0.25) is 0 Å². The molecule has 2 N–H and O–H groups in total. The molecule has 0 spiro atoms. The molecule has 0 aromatic heterocycles. The molecule has 7 heteroatoms. The van der Waals surface area contributed by atoms with Crippen LogP contribution in [0.3, 0.4) is 0 Å². The Hall–Kier alpha value is -2.80. The van der Waals surface area contributed by atoms with Crippen LogP contribution in [0.4, 0.5) is 4.39 Å². The van der Waals surface area contributed by atoms with E-state index in [2.05, 4.69) is 20.5 Å². The SMILES string of the molecule is CN=C(NCCc1ccc2c(c1)OCO2)NCC(c1cccc(F)c1)N(C)C. The molecule has 0 amide bonds. The number of hydrogen-bond acceptors (Lipinski definition) is 4. The zero-order valence-electron chi connectivity index (χ0n) is 16.5. The third kappa shape index (κ3) is 5.13. The van der Waals surface area contributed by atoms with Crippen LogP contribution in [-0.2, 0) is 6.42 Å². The van der Waals surface area contributed by atoms with Gasteiger partial charge in [-0.05, 0) is 55.9 Å². The quantitative estimate of drug-likeness (QED) is 0.566. The summed E-state index contributed by atoms with van der Waals surface area (Å²) >= 11 is 0. The monoisotopic (exact) mass is 386 g/mol. The minimum atomic E-state index is -0.226. The molecule has 2 aromatic rings. The molecule has 1 aliphatic heterocycles. The Morgan fingerprint density at radius 3 is 2.71 bits per heavy atom. The first kappa shape index (κ1) is 19.9. The molecular formula is C21H27FN4O2. The summed E-state index contributed by atoms with van der Waals surface area (Å²) in [6.07, 6.45) is 0.832. The number of nitrogens with zero attached hydrogens (tertiary/aromatic N) is 2. The lowest BCUT2D eigenvalue weighted by molar-refractivity contribution is 0.174. The highest BCUT2D eigenvalue weighted by Crippen LogP contribution is 2.32. The summed E-state index contributed by atoms with van der Waals surface area (Å²) in [5.41, 5.74) is 2.09. The highest BCUT2D eigenvalue weighted by Gasteiger charge is 2.16. The molecule has 3 rings (SSSR count). The fourth-order valence-electron chi connectivity index (χ4n) is 3.15. The Labute approximate surface area is 165 Å². The molecule has 1 aliphatic rings. The van der Waals surface area contributed by atoms with Crippen molar-refractivity contribution in [2.24, 2.45) is 4.99 Å². The van der Waals surface area contributed by atoms with Crippen molar-refractivity contribution in [3.05, 3.63) is 59.4 Å². The maximum absolute atomic E-state index is 13.6. The summed E-state index contributed by atoms with van der Waals surface area (Å²) in [6.45, 7) is 1.62. The number of likely N-dealkylation sites (N-methyl/N-ethyl adjacent to an activating group) is 1. The van der Waals surface area contributed by atoms with Gasteiger partial charge in [-0.25, -0.2) is 4.39 Å². The average Bonchev–Trinajstić information content (AvgIpc) is 3.14. The zero-order valence-corrected chi connectivity index (χ0v) is 16.5. The van der Waals surface area contributed by atoms with E-state index < -0.39 is 0 Å². The van der Waals surface area contributed by atoms with E-state index in [0.717, 1.165) is 35.6 Å². The van der Waals surface area contributed by atoms with Crippen LogP contribution in [0, 0.1) is 5.82 Å². The van der Waals surface area contributed by atoms with Crippen LogP contribution in [-0.4, -0.2) is 51.9 Å². The minimum Gasteiger partial charge on any atom is -0.454 e. The highest BCUT2D eigenvalue weighted by molar-refractivity contribution is 5.79. The van der Waals surface area contributed by atoms with Crippen LogP contribution in [0.5, 0.6) is 11.5 Å². The van der Waals surface area contributed by atoms with E-state index >= 15 is 0 Å². The Morgan fingerprint density at radius 2 is 1.96 bits per heavy atom. The van der Waals surface area contributed by atoms with E-state index in [4.69, 9.17) is 9.47 Å². The van der Waals surface area contributed by atoms with Crippen molar-refractivity contribution in [1.29, 1.82) is 0 Å². The fraction of sp³-hybridized carbons (Fsp3) is 0.381. The molecule has 0 bridgehead atoms. The smallest absolute Gasteiger partial charge is 0.231 e. The van der Waals surface area contributed by atoms with Crippen LogP contribution < -0.4 is 20.1 Å². The molecular weight excluding hydrogens is 359 g/mol. The second-order valence-electron chi connectivity index (χ2n) is 6.85. The standard InChI is InChI=1S/C21H27FN4O2/c1-23-21(24-10-9-15-7-8-19-20(11-15)28-14-27-19)25-13-18(26(2)3)16-5-4-6-17(22)12-16/h4-8,11-12,18H,9-10,13-14H2,1-3H3,(H2,23,24,25). The van der Waals surface area contributed by atoms with Crippen LogP contribution in [0.15, 0.2) is 47.5 Å². The van der Waals surface area contributed by atoms with Gasteiger partial charge in [0.15, 0.2) is 17.5 Å². The molecule has 1 heterocycles. The Kier molecular flexibility index (Phi) is 6.71. The summed E-state index contributed by atoms with van der Waals surface area (Å²) in [5.74, 6) is 2.07. The van der Waals surface area contributed by atoms with E-state index in [-0.39, 0.29) is 18.7 Å². The van der Waals surface area contributed by atoms with Gasteiger partial charge in [-0.2, -0.15) is 0 Å². The number of guanidine groups is 1. The van der Waals surface area contributed by atoms with Gasteiger partial charge >= 0.3 is 0 Å². The highest BCUT2D eigenvalue weighted by atomic mass is 19.1. The van der Waals surface area contributed by atoms with Crippen LogP contribution >= 0.6 is 0 Å². The topological polar surface area (TPSA) is 58.1 Å².